The number of morpholine rings is 1. The van der Waals surface area contributed by atoms with Gasteiger partial charge in [0.25, 0.3) is 5.91 Å². The van der Waals surface area contributed by atoms with Crippen molar-refractivity contribution in [3.8, 4) is 17.2 Å². The van der Waals surface area contributed by atoms with Crippen LogP contribution in [0.3, 0.4) is 0 Å². The van der Waals surface area contributed by atoms with Gasteiger partial charge in [0, 0.05) is 39.3 Å². The summed E-state index contributed by atoms with van der Waals surface area (Å²) in [6.07, 6.45) is 0. The molecule has 2 amide bonds. The Kier molecular flexibility index (Phi) is 7.38. The molecule has 9 heteroatoms. The minimum absolute atomic E-state index is 0.104. The predicted octanol–water partition coefficient (Wildman–Crippen LogP) is 0.718. The smallest absolute Gasteiger partial charge is 0.257 e. The number of carbonyl (C=O) groups excluding carboxylic acids is 2. The van der Waals surface area contributed by atoms with Gasteiger partial charge in [0.2, 0.25) is 11.7 Å². The Balaban J connectivity index is 1.65. The highest BCUT2D eigenvalue weighted by molar-refractivity contribution is 5.98. The Morgan fingerprint density at radius 3 is 2.03 bits per heavy atom. The maximum Gasteiger partial charge on any atom is 0.257 e. The molecular formula is C21H31N3O6. The first-order valence-corrected chi connectivity index (χ1v) is 10.2. The molecule has 0 aromatic heterocycles. The number of hydrogen-bond donors (Lipinski definition) is 0. The number of hydrogen-bond acceptors (Lipinski definition) is 7. The molecule has 2 saturated heterocycles. The lowest BCUT2D eigenvalue weighted by molar-refractivity contribution is -0.139. The van der Waals surface area contributed by atoms with Crippen molar-refractivity contribution in [2.75, 3.05) is 73.8 Å². The highest BCUT2D eigenvalue weighted by atomic mass is 16.5. The van der Waals surface area contributed by atoms with Gasteiger partial charge in [-0.25, -0.2) is 0 Å². The lowest BCUT2D eigenvalue weighted by Crippen LogP contribution is -2.56. The fourth-order valence-corrected chi connectivity index (χ4v) is 3.96. The number of nitrogens with zero attached hydrogens (tertiary/aromatic N) is 3. The van der Waals surface area contributed by atoms with Gasteiger partial charge >= 0.3 is 0 Å². The summed E-state index contributed by atoms with van der Waals surface area (Å²) in [4.78, 5) is 31.8. The Labute approximate surface area is 177 Å². The SMILES string of the molecule is COc1ccc(C(=O)N2CCN(C(=O)C(C)N3CCOCC3)CC2)c(OC)c1OC. The van der Waals surface area contributed by atoms with Crippen LogP contribution in [0.4, 0.5) is 0 Å². The van der Waals surface area contributed by atoms with Crippen molar-refractivity contribution in [1.29, 1.82) is 0 Å². The van der Waals surface area contributed by atoms with Gasteiger partial charge in [0.15, 0.2) is 11.5 Å². The first kappa shape index (κ1) is 22.2. The summed E-state index contributed by atoms with van der Waals surface area (Å²) in [6.45, 7) is 6.76. The van der Waals surface area contributed by atoms with E-state index in [0.29, 0.717) is 62.2 Å². The van der Waals surface area contributed by atoms with Crippen molar-refractivity contribution in [2.24, 2.45) is 0 Å². The van der Waals surface area contributed by atoms with Gasteiger partial charge in [-0.2, -0.15) is 0 Å². The largest absolute Gasteiger partial charge is 0.493 e. The molecule has 30 heavy (non-hydrogen) atoms. The van der Waals surface area contributed by atoms with E-state index in [1.54, 1.807) is 17.0 Å². The third-order valence-electron chi connectivity index (χ3n) is 5.76. The maximum atomic E-state index is 13.1. The summed E-state index contributed by atoms with van der Waals surface area (Å²) < 4.78 is 21.5. The van der Waals surface area contributed by atoms with Crippen molar-refractivity contribution < 1.29 is 28.5 Å². The molecule has 0 spiro atoms. The topological polar surface area (TPSA) is 80.8 Å². The Morgan fingerprint density at radius 2 is 1.47 bits per heavy atom. The summed E-state index contributed by atoms with van der Waals surface area (Å²) in [6, 6.07) is 3.20. The van der Waals surface area contributed by atoms with E-state index < -0.39 is 0 Å². The van der Waals surface area contributed by atoms with Gasteiger partial charge in [0.05, 0.1) is 46.1 Å². The Hall–Kier alpha value is -2.52. The second-order valence-electron chi connectivity index (χ2n) is 7.32. The molecule has 2 aliphatic rings. The van der Waals surface area contributed by atoms with E-state index in [1.807, 2.05) is 11.8 Å². The number of piperazine rings is 1. The Morgan fingerprint density at radius 1 is 0.867 bits per heavy atom. The van der Waals surface area contributed by atoms with Crippen molar-refractivity contribution in [2.45, 2.75) is 13.0 Å². The molecule has 0 N–H and O–H groups in total. The molecule has 1 aromatic rings. The van der Waals surface area contributed by atoms with E-state index in [9.17, 15) is 9.59 Å². The van der Waals surface area contributed by atoms with E-state index in [0.717, 1.165) is 13.1 Å². The van der Waals surface area contributed by atoms with Crippen LogP contribution < -0.4 is 14.2 Å². The number of benzene rings is 1. The van der Waals surface area contributed by atoms with Crippen LogP contribution in [0, 0.1) is 0 Å². The molecule has 1 atom stereocenters. The molecule has 0 aliphatic carbocycles. The number of ether oxygens (including phenoxy) is 4. The summed E-state index contributed by atoms with van der Waals surface area (Å²) in [7, 11) is 4.54. The zero-order chi connectivity index (χ0) is 21.7. The number of carbonyl (C=O) groups is 2. The van der Waals surface area contributed by atoms with Crippen LogP contribution in [-0.2, 0) is 9.53 Å². The van der Waals surface area contributed by atoms with E-state index in [4.69, 9.17) is 18.9 Å². The zero-order valence-corrected chi connectivity index (χ0v) is 18.2. The van der Waals surface area contributed by atoms with Gasteiger partial charge in [0.1, 0.15) is 0 Å². The normalized spacial score (nSPS) is 18.7. The van der Waals surface area contributed by atoms with Crippen LogP contribution in [0.2, 0.25) is 0 Å². The van der Waals surface area contributed by atoms with Crippen molar-refractivity contribution >= 4 is 11.8 Å². The average molecular weight is 421 g/mol. The monoisotopic (exact) mass is 421 g/mol. The first-order chi connectivity index (χ1) is 14.5. The van der Waals surface area contributed by atoms with E-state index >= 15 is 0 Å². The molecule has 0 bridgehead atoms. The Bertz CT molecular complexity index is 757. The van der Waals surface area contributed by atoms with Crippen LogP contribution in [0.25, 0.3) is 0 Å². The number of amides is 2. The predicted molar refractivity (Wildman–Crippen MR) is 110 cm³/mol. The standard InChI is InChI=1S/C21H31N3O6/c1-15(22-11-13-30-14-12-22)20(25)23-7-9-24(10-8-23)21(26)16-5-6-17(27-2)19(29-4)18(16)28-3/h5-6,15H,7-14H2,1-4H3. The van der Waals surface area contributed by atoms with E-state index in [2.05, 4.69) is 4.90 Å². The highest BCUT2D eigenvalue weighted by Crippen LogP contribution is 2.40. The molecule has 0 saturated carbocycles. The van der Waals surface area contributed by atoms with Crippen molar-refractivity contribution in [3.05, 3.63) is 17.7 Å². The van der Waals surface area contributed by atoms with E-state index in [1.165, 1.54) is 21.3 Å². The fourth-order valence-electron chi connectivity index (χ4n) is 3.96. The van der Waals surface area contributed by atoms with Crippen LogP contribution in [-0.4, -0.2) is 106 Å². The third-order valence-corrected chi connectivity index (χ3v) is 5.76. The maximum absolute atomic E-state index is 13.1. The highest BCUT2D eigenvalue weighted by Gasteiger charge is 2.32. The van der Waals surface area contributed by atoms with Crippen LogP contribution in [0.15, 0.2) is 12.1 Å². The summed E-state index contributed by atoms with van der Waals surface area (Å²) >= 11 is 0. The minimum Gasteiger partial charge on any atom is -0.493 e. The quantitative estimate of drug-likeness (QED) is 0.669. The van der Waals surface area contributed by atoms with Crippen LogP contribution >= 0.6 is 0 Å². The lowest BCUT2D eigenvalue weighted by atomic mass is 10.1. The van der Waals surface area contributed by atoms with Gasteiger partial charge in [-0.3, -0.25) is 14.5 Å². The molecule has 3 rings (SSSR count). The van der Waals surface area contributed by atoms with Crippen molar-refractivity contribution in [3.63, 3.8) is 0 Å². The second-order valence-corrected chi connectivity index (χ2v) is 7.32. The van der Waals surface area contributed by atoms with Gasteiger partial charge < -0.3 is 28.7 Å². The van der Waals surface area contributed by atoms with Crippen LogP contribution in [0.1, 0.15) is 17.3 Å². The molecule has 9 nitrogen and oxygen atoms in total. The summed E-state index contributed by atoms with van der Waals surface area (Å²) in [5.74, 6) is 1.19. The number of rotatable bonds is 6. The fraction of sp³-hybridized carbons (Fsp3) is 0.619. The zero-order valence-electron chi connectivity index (χ0n) is 18.2. The van der Waals surface area contributed by atoms with Gasteiger partial charge in [-0.15, -0.1) is 0 Å². The average Bonchev–Trinajstić information content (AvgIpc) is 2.82. The van der Waals surface area contributed by atoms with Gasteiger partial charge in [-0.05, 0) is 19.1 Å². The molecule has 2 aliphatic heterocycles. The lowest BCUT2D eigenvalue weighted by Gasteiger charge is -2.39. The molecule has 2 fully saturated rings. The molecule has 1 aromatic carbocycles. The second kappa shape index (κ2) is 9.99. The molecule has 1 unspecified atom stereocenters. The first-order valence-electron chi connectivity index (χ1n) is 10.2. The third kappa shape index (κ3) is 4.46. The summed E-state index contributed by atoms with van der Waals surface area (Å²) in [5, 5.41) is 0. The van der Waals surface area contributed by atoms with Gasteiger partial charge in [-0.1, -0.05) is 0 Å². The molecule has 0 radical (unpaired) electrons. The molecule has 166 valence electrons. The summed E-state index contributed by atoms with van der Waals surface area (Å²) in [5.41, 5.74) is 0.414. The minimum atomic E-state index is -0.179. The number of methoxy groups -OCH3 is 3. The van der Waals surface area contributed by atoms with Crippen molar-refractivity contribution in [1.82, 2.24) is 14.7 Å². The molecule has 2 heterocycles. The molecular weight excluding hydrogens is 390 g/mol. The van der Waals surface area contributed by atoms with Crippen LogP contribution in [0.5, 0.6) is 17.2 Å². The van der Waals surface area contributed by atoms with E-state index in [-0.39, 0.29) is 17.9 Å².